The topological polar surface area (TPSA) is 107 Å². The van der Waals surface area contributed by atoms with Crippen LogP contribution in [0.4, 0.5) is 0 Å². The molecule has 0 aliphatic rings. The number of carbonyl (C=O) groups excluding carboxylic acids is 1. The maximum absolute atomic E-state index is 12.1. The fraction of sp³-hybridized carbons (Fsp3) is 0. The Hall–Kier alpha value is -3.26. The van der Waals surface area contributed by atoms with Crippen LogP contribution >= 0.6 is 11.3 Å². The van der Waals surface area contributed by atoms with Crippen LogP contribution in [0, 0.1) is 0 Å². The Bertz CT molecular complexity index is 931. The molecule has 0 unspecified atom stereocenters. The maximum Gasteiger partial charge on any atom is 0.346 e. The Balaban J connectivity index is 1.75. The lowest BCUT2D eigenvalue weighted by Crippen LogP contribution is -2.24. The van der Waals surface area contributed by atoms with E-state index >= 15 is 0 Å². The van der Waals surface area contributed by atoms with Gasteiger partial charge in [-0.05, 0) is 47.3 Å². The number of thiophene rings is 1. The molecule has 0 spiro atoms. The second kappa shape index (κ2) is 6.88. The molecule has 8 heteroatoms. The number of hydrazone groups is 1. The SMILES string of the molecule is O=C(N/N=C/c1ccc(O)cc1)c1cc(-c2cccs2)[nH]c(=O)n1. The average Bonchev–Trinajstić information content (AvgIpc) is 3.10. The number of nitrogens with one attached hydrogen (secondary N) is 2. The normalized spacial score (nSPS) is 10.8. The maximum atomic E-state index is 12.1. The van der Waals surface area contributed by atoms with Gasteiger partial charge in [0, 0.05) is 0 Å². The van der Waals surface area contributed by atoms with E-state index < -0.39 is 11.6 Å². The number of aromatic amines is 1. The molecular weight excluding hydrogens is 328 g/mol. The molecule has 7 nitrogen and oxygen atoms in total. The monoisotopic (exact) mass is 340 g/mol. The molecule has 0 fully saturated rings. The van der Waals surface area contributed by atoms with Gasteiger partial charge in [-0.3, -0.25) is 4.79 Å². The molecule has 3 N–H and O–H groups in total. The number of hydrogen-bond acceptors (Lipinski definition) is 6. The number of nitrogens with zero attached hydrogens (tertiary/aromatic N) is 2. The zero-order chi connectivity index (χ0) is 16.9. The number of carbonyl (C=O) groups is 1. The number of hydrogen-bond donors (Lipinski definition) is 3. The number of benzene rings is 1. The minimum Gasteiger partial charge on any atom is -0.508 e. The van der Waals surface area contributed by atoms with Crippen molar-refractivity contribution in [1.82, 2.24) is 15.4 Å². The van der Waals surface area contributed by atoms with Crippen LogP contribution in [0.3, 0.4) is 0 Å². The van der Waals surface area contributed by atoms with E-state index in [2.05, 4.69) is 20.5 Å². The number of amides is 1. The molecule has 1 amide bonds. The molecule has 1 aromatic carbocycles. The summed E-state index contributed by atoms with van der Waals surface area (Å²) in [5.41, 5.74) is 2.92. The van der Waals surface area contributed by atoms with Crippen LogP contribution < -0.4 is 11.1 Å². The van der Waals surface area contributed by atoms with Gasteiger partial charge in [-0.1, -0.05) is 6.07 Å². The second-order valence-corrected chi connectivity index (χ2v) is 5.70. The van der Waals surface area contributed by atoms with Crippen LogP contribution in [0.1, 0.15) is 16.1 Å². The highest BCUT2D eigenvalue weighted by Crippen LogP contribution is 2.21. The molecule has 0 saturated carbocycles. The van der Waals surface area contributed by atoms with Crippen LogP contribution in [0.25, 0.3) is 10.6 Å². The molecule has 0 saturated heterocycles. The van der Waals surface area contributed by atoms with E-state index in [1.807, 2.05) is 17.5 Å². The first kappa shape index (κ1) is 15.6. The highest BCUT2D eigenvalue weighted by molar-refractivity contribution is 7.13. The first-order chi connectivity index (χ1) is 11.6. The van der Waals surface area contributed by atoms with E-state index in [0.717, 1.165) is 4.88 Å². The summed E-state index contributed by atoms with van der Waals surface area (Å²) in [5.74, 6) is -0.445. The highest BCUT2D eigenvalue weighted by atomic mass is 32.1. The number of H-pyrrole nitrogens is 1. The molecule has 0 radical (unpaired) electrons. The second-order valence-electron chi connectivity index (χ2n) is 4.75. The standard InChI is InChI=1S/C16H12N4O3S/c21-11-5-3-10(4-6-11)9-17-20-15(22)13-8-12(18-16(23)19-13)14-2-1-7-24-14/h1-9,21H,(H,20,22)(H,18,19,23)/b17-9+. The molecular formula is C16H12N4O3S. The molecule has 3 rings (SSSR count). The fourth-order valence-electron chi connectivity index (χ4n) is 1.92. The molecule has 24 heavy (non-hydrogen) atoms. The van der Waals surface area contributed by atoms with Crippen molar-refractivity contribution in [2.75, 3.05) is 0 Å². The minimum absolute atomic E-state index is 0.0231. The summed E-state index contributed by atoms with van der Waals surface area (Å²) < 4.78 is 0. The van der Waals surface area contributed by atoms with Gasteiger partial charge in [0.05, 0.1) is 16.8 Å². The van der Waals surface area contributed by atoms with Crippen LogP contribution in [0.15, 0.2) is 57.7 Å². The lowest BCUT2D eigenvalue weighted by Gasteiger charge is -2.01. The Morgan fingerprint density at radius 3 is 2.79 bits per heavy atom. The lowest BCUT2D eigenvalue weighted by molar-refractivity contribution is 0.0949. The summed E-state index contributed by atoms with van der Waals surface area (Å²) in [5, 5.41) is 14.9. The van der Waals surface area contributed by atoms with E-state index in [1.54, 1.807) is 12.1 Å². The van der Waals surface area contributed by atoms with E-state index in [9.17, 15) is 14.7 Å². The third-order valence-corrected chi connectivity index (χ3v) is 3.94. The highest BCUT2D eigenvalue weighted by Gasteiger charge is 2.10. The summed E-state index contributed by atoms with van der Waals surface area (Å²) in [7, 11) is 0. The molecule has 0 atom stereocenters. The van der Waals surface area contributed by atoms with Crippen LogP contribution in [-0.2, 0) is 0 Å². The first-order valence-electron chi connectivity index (χ1n) is 6.89. The van der Waals surface area contributed by atoms with Crippen molar-refractivity contribution in [2.24, 2.45) is 5.10 Å². The zero-order valence-corrected chi connectivity index (χ0v) is 13.1. The summed E-state index contributed by atoms with van der Waals surface area (Å²) >= 11 is 1.44. The van der Waals surface area contributed by atoms with Gasteiger partial charge in [-0.25, -0.2) is 10.2 Å². The fourth-order valence-corrected chi connectivity index (χ4v) is 2.62. The number of phenols is 1. The number of aromatic nitrogens is 2. The molecule has 0 aliphatic heterocycles. The van der Waals surface area contributed by atoms with Crippen LogP contribution in [-0.4, -0.2) is 27.2 Å². The van der Waals surface area contributed by atoms with E-state index in [-0.39, 0.29) is 11.4 Å². The quantitative estimate of drug-likeness (QED) is 0.498. The molecule has 120 valence electrons. The van der Waals surface area contributed by atoms with Crippen molar-refractivity contribution >= 4 is 23.5 Å². The predicted molar refractivity (Wildman–Crippen MR) is 91.3 cm³/mol. The molecule has 0 aliphatic carbocycles. The van der Waals surface area contributed by atoms with Gasteiger partial charge in [0.15, 0.2) is 0 Å². The van der Waals surface area contributed by atoms with Crippen molar-refractivity contribution in [2.45, 2.75) is 0 Å². The van der Waals surface area contributed by atoms with Crippen molar-refractivity contribution < 1.29 is 9.90 Å². The van der Waals surface area contributed by atoms with Crippen LogP contribution in [0.2, 0.25) is 0 Å². The number of rotatable bonds is 4. The van der Waals surface area contributed by atoms with Gasteiger partial charge in [0.25, 0.3) is 5.91 Å². The van der Waals surface area contributed by atoms with Crippen molar-refractivity contribution in [3.05, 3.63) is 69.6 Å². The van der Waals surface area contributed by atoms with Crippen LogP contribution in [0.5, 0.6) is 5.75 Å². The van der Waals surface area contributed by atoms with Gasteiger partial charge in [-0.15, -0.1) is 11.3 Å². The molecule has 3 aromatic rings. The third kappa shape index (κ3) is 3.73. The van der Waals surface area contributed by atoms with Crippen molar-refractivity contribution in [3.8, 4) is 16.3 Å². The summed E-state index contributed by atoms with van der Waals surface area (Å²) in [6, 6.07) is 11.5. The smallest absolute Gasteiger partial charge is 0.346 e. The Labute approximate surface area is 140 Å². The largest absolute Gasteiger partial charge is 0.508 e. The lowest BCUT2D eigenvalue weighted by atomic mass is 10.2. The van der Waals surface area contributed by atoms with Gasteiger partial charge in [0.2, 0.25) is 0 Å². The van der Waals surface area contributed by atoms with Gasteiger partial charge in [-0.2, -0.15) is 10.1 Å². The average molecular weight is 340 g/mol. The first-order valence-corrected chi connectivity index (χ1v) is 7.77. The minimum atomic E-state index is -0.603. The van der Waals surface area contributed by atoms with Crippen molar-refractivity contribution in [3.63, 3.8) is 0 Å². The van der Waals surface area contributed by atoms with Gasteiger partial charge in [0.1, 0.15) is 11.4 Å². The number of phenolic OH excluding ortho intramolecular Hbond substituents is 1. The summed E-state index contributed by atoms with van der Waals surface area (Å²) in [6.07, 6.45) is 1.42. The van der Waals surface area contributed by atoms with Gasteiger partial charge >= 0.3 is 5.69 Å². The Kier molecular flexibility index (Phi) is 4.48. The Morgan fingerprint density at radius 2 is 2.08 bits per heavy atom. The number of aromatic hydroxyl groups is 1. The molecule has 2 heterocycles. The van der Waals surface area contributed by atoms with E-state index in [4.69, 9.17) is 0 Å². The molecule has 0 bridgehead atoms. The third-order valence-electron chi connectivity index (χ3n) is 3.04. The summed E-state index contributed by atoms with van der Waals surface area (Å²) in [6.45, 7) is 0. The van der Waals surface area contributed by atoms with Gasteiger partial charge < -0.3 is 10.1 Å². The summed E-state index contributed by atoms with van der Waals surface area (Å²) in [4.78, 5) is 30.8. The van der Waals surface area contributed by atoms with Crippen molar-refractivity contribution in [1.29, 1.82) is 0 Å². The molecule has 2 aromatic heterocycles. The Morgan fingerprint density at radius 1 is 1.29 bits per heavy atom. The van der Waals surface area contributed by atoms with E-state index in [0.29, 0.717) is 11.3 Å². The predicted octanol–water partition coefficient (Wildman–Crippen LogP) is 1.97. The zero-order valence-electron chi connectivity index (χ0n) is 12.3. The van der Waals surface area contributed by atoms with E-state index in [1.165, 1.54) is 35.8 Å².